The van der Waals surface area contributed by atoms with Crippen molar-refractivity contribution >= 4 is 5.91 Å². The Morgan fingerprint density at radius 2 is 1.39 bits per heavy atom. The number of halogens is 1. The van der Waals surface area contributed by atoms with Gasteiger partial charge in [0.05, 0.1) is 0 Å². The van der Waals surface area contributed by atoms with Crippen LogP contribution in [-0.4, -0.2) is 60.6 Å². The van der Waals surface area contributed by atoms with Gasteiger partial charge >= 0.3 is 0 Å². The topological polar surface area (TPSA) is 44.8 Å². The Morgan fingerprint density at radius 1 is 0.750 bits per heavy atom. The minimum absolute atomic E-state index is 0.0540. The molecule has 0 atom stereocenters. The third-order valence-corrected chi connectivity index (χ3v) is 9.00. The van der Waals surface area contributed by atoms with Crippen LogP contribution in [0.4, 0.5) is 4.39 Å². The Hall–Kier alpha value is -4.00. The Balaban J connectivity index is 0.971. The van der Waals surface area contributed by atoms with Crippen molar-refractivity contribution in [3.63, 3.8) is 0 Å². The lowest BCUT2D eigenvalue weighted by molar-refractivity contribution is 0.0902. The smallest absolute Gasteiger partial charge is 0.251 e. The molecule has 0 radical (unpaired) electrons. The first-order valence-corrected chi connectivity index (χ1v) is 16.0. The maximum Gasteiger partial charge on any atom is 0.251 e. The standard InChI is InChI=1S/C38H42FN3O2/c39-33-15-7-9-29(25-33)27-41-21-17-34(18-22-41)40-38(43)32-14-8-16-36(26-32)44-35-19-23-42(24-20-35)28-37(30-10-3-1-4-11-30)31-12-5-2-6-13-31/h1-16,25-26,34-35,37H,17-24,27-28H2,(H,40,43). The molecular weight excluding hydrogens is 549 g/mol. The maximum atomic E-state index is 13.5. The first-order chi connectivity index (χ1) is 21.6. The van der Waals surface area contributed by atoms with E-state index in [4.69, 9.17) is 4.74 Å². The van der Waals surface area contributed by atoms with Gasteiger partial charge in [-0.1, -0.05) is 78.9 Å². The van der Waals surface area contributed by atoms with E-state index in [-0.39, 0.29) is 23.9 Å². The van der Waals surface area contributed by atoms with Crippen LogP contribution in [0.1, 0.15) is 58.6 Å². The molecule has 5 nitrogen and oxygen atoms in total. The predicted molar refractivity (Wildman–Crippen MR) is 173 cm³/mol. The number of nitrogens with one attached hydrogen (secondary N) is 1. The highest BCUT2D eigenvalue weighted by Crippen LogP contribution is 2.28. The number of carbonyl (C=O) groups is 1. The van der Waals surface area contributed by atoms with Crippen molar-refractivity contribution < 1.29 is 13.9 Å². The number of likely N-dealkylation sites (tertiary alicyclic amines) is 2. The number of amides is 1. The van der Waals surface area contributed by atoms with Gasteiger partial charge in [-0.15, -0.1) is 0 Å². The lowest BCUT2D eigenvalue weighted by Crippen LogP contribution is -2.44. The summed E-state index contributed by atoms with van der Waals surface area (Å²) in [7, 11) is 0. The summed E-state index contributed by atoms with van der Waals surface area (Å²) in [6.45, 7) is 5.44. The van der Waals surface area contributed by atoms with Crippen molar-refractivity contribution in [1.82, 2.24) is 15.1 Å². The molecule has 4 aromatic rings. The van der Waals surface area contributed by atoms with E-state index in [1.54, 1.807) is 12.1 Å². The molecule has 0 saturated carbocycles. The average molecular weight is 592 g/mol. The second-order valence-corrected chi connectivity index (χ2v) is 12.2. The number of hydrogen-bond acceptors (Lipinski definition) is 4. The van der Waals surface area contributed by atoms with Crippen LogP contribution in [0.15, 0.2) is 109 Å². The Morgan fingerprint density at radius 3 is 2.05 bits per heavy atom. The summed E-state index contributed by atoms with van der Waals surface area (Å²) in [4.78, 5) is 18.0. The highest BCUT2D eigenvalue weighted by atomic mass is 19.1. The van der Waals surface area contributed by atoms with Gasteiger partial charge in [0.1, 0.15) is 17.7 Å². The van der Waals surface area contributed by atoms with Gasteiger partial charge in [-0.25, -0.2) is 4.39 Å². The maximum absolute atomic E-state index is 13.5. The van der Waals surface area contributed by atoms with Gasteiger partial charge in [0.25, 0.3) is 5.91 Å². The fourth-order valence-electron chi connectivity index (χ4n) is 6.54. The third kappa shape index (κ3) is 8.13. The summed E-state index contributed by atoms with van der Waals surface area (Å²) >= 11 is 0. The quantitative estimate of drug-likeness (QED) is 0.218. The number of nitrogens with zero attached hydrogens (tertiary/aromatic N) is 2. The second kappa shape index (κ2) is 14.7. The number of piperidine rings is 2. The van der Waals surface area contributed by atoms with Gasteiger partial charge < -0.3 is 15.0 Å². The van der Waals surface area contributed by atoms with E-state index in [0.29, 0.717) is 11.5 Å². The molecule has 44 heavy (non-hydrogen) atoms. The van der Waals surface area contributed by atoms with Crippen LogP contribution in [0.2, 0.25) is 0 Å². The molecule has 2 aliphatic heterocycles. The van der Waals surface area contributed by atoms with Gasteiger partial charge in [-0.3, -0.25) is 9.69 Å². The molecule has 1 amide bonds. The van der Waals surface area contributed by atoms with E-state index >= 15 is 0 Å². The summed E-state index contributed by atoms with van der Waals surface area (Å²) in [6.07, 6.45) is 3.82. The first kappa shape index (κ1) is 30.0. The van der Waals surface area contributed by atoms with Gasteiger partial charge in [0, 0.05) is 56.8 Å². The molecule has 4 aromatic carbocycles. The van der Waals surface area contributed by atoms with Gasteiger partial charge in [0.15, 0.2) is 0 Å². The lowest BCUT2D eigenvalue weighted by atomic mass is 9.90. The molecular formula is C38H42FN3O2. The van der Waals surface area contributed by atoms with Gasteiger partial charge in [0.2, 0.25) is 0 Å². The summed E-state index contributed by atoms with van der Waals surface area (Å²) in [5.41, 5.74) is 4.32. The van der Waals surface area contributed by atoms with Crippen LogP contribution in [-0.2, 0) is 6.54 Å². The molecule has 0 spiro atoms. The van der Waals surface area contributed by atoms with E-state index in [0.717, 1.165) is 76.3 Å². The zero-order valence-corrected chi connectivity index (χ0v) is 25.3. The van der Waals surface area contributed by atoms with Crippen LogP contribution in [0, 0.1) is 5.82 Å². The minimum atomic E-state index is -0.197. The van der Waals surface area contributed by atoms with E-state index < -0.39 is 0 Å². The van der Waals surface area contributed by atoms with Crippen molar-refractivity contribution in [3.8, 4) is 5.75 Å². The van der Waals surface area contributed by atoms with Crippen molar-refractivity contribution in [1.29, 1.82) is 0 Å². The van der Waals surface area contributed by atoms with Crippen molar-refractivity contribution in [2.75, 3.05) is 32.7 Å². The number of rotatable bonds is 10. The van der Waals surface area contributed by atoms with E-state index in [1.165, 1.54) is 17.2 Å². The van der Waals surface area contributed by atoms with E-state index in [9.17, 15) is 9.18 Å². The minimum Gasteiger partial charge on any atom is -0.490 e. The van der Waals surface area contributed by atoms with Crippen molar-refractivity contribution in [2.24, 2.45) is 0 Å². The molecule has 6 rings (SSSR count). The van der Waals surface area contributed by atoms with Crippen LogP contribution in [0.5, 0.6) is 5.75 Å². The number of ether oxygens (including phenoxy) is 1. The van der Waals surface area contributed by atoms with Gasteiger partial charge in [-0.2, -0.15) is 0 Å². The van der Waals surface area contributed by atoms with Crippen LogP contribution in [0.3, 0.4) is 0 Å². The van der Waals surface area contributed by atoms with E-state index in [1.807, 2.05) is 30.3 Å². The highest BCUT2D eigenvalue weighted by Gasteiger charge is 2.25. The number of carbonyl (C=O) groups excluding carboxylic acids is 1. The summed E-state index contributed by atoms with van der Waals surface area (Å²) in [6, 6.07) is 36.1. The Bertz CT molecular complexity index is 1440. The molecule has 0 unspecified atom stereocenters. The zero-order chi connectivity index (χ0) is 30.1. The SMILES string of the molecule is O=C(NC1CCN(Cc2cccc(F)c2)CC1)c1cccc(OC2CCN(CC(c3ccccc3)c3ccccc3)CC2)c1. The summed E-state index contributed by atoms with van der Waals surface area (Å²) in [5.74, 6) is 0.844. The largest absolute Gasteiger partial charge is 0.490 e. The second-order valence-electron chi connectivity index (χ2n) is 12.2. The molecule has 2 fully saturated rings. The molecule has 228 valence electrons. The number of hydrogen-bond donors (Lipinski definition) is 1. The van der Waals surface area contributed by atoms with Gasteiger partial charge in [-0.05, 0) is 72.7 Å². The van der Waals surface area contributed by atoms with Crippen LogP contribution >= 0.6 is 0 Å². The molecule has 2 heterocycles. The summed E-state index contributed by atoms with van der Waals surface area (Å²) < 4.78 is 19.9. The van der Waals surface area contributed by atoms with Crippen LogP contribution < -0.4 is 10.1 Å². The van der Waals surface area contributed by atoms with Crippen molar-refractivity contribution in [2.45, 2.75) is 50.3 Å². The molecule has 0 aromatic heterocycles. The fourth-order valence-corrected chi connectivity index (χ4v) is 6.54. The molecule has 0 aliphatic carbocycles. The van der Waals surface area contributed by atoms with E-state index in [2.05, 4.69) is 75.8 Å². The first-order valence-electron chi connectivity index (χ1n) is 16.0. The Labute approximate surface area is 260 Å². The lowest BCUT2D eigenvalue weighted by Gasteiger charge is -2.34. The molecule has 2 aliphatic rings. The van der Waals surface area contributed by atoms with Crippen molar-refractivity contribution in [3.05, 3.63) is 137 Å². The Kier molecular flexibility index (Phi) is 10.0. The summed E-state index contributed by atoms with van der Waals surface area (Å²) in [5, 5.41) is 3.22. The average Bonchev–Trinajstić information content (AvgIpc) is 3.06. The predicted octanol–water partition coefficient (Wildman–Crippen LogP) is 6.90. The molecule has 2 saturated heterocycles. The highest BCUT2D eigenvalue weighted by molar-refractivity contribution is 5.94. The third-order valence-electron chi connectivity index (χ3n) is 9.00. The molecule has 0 bridgehead atoms. The molecule has 1 N–H and O–H groups in total. The fraction of sp³-hybridized carbons (Fsp3) is 0.342. The zero-order valence-electron chi connectivity index (χ0n) is 25.3. The monoisotopic (exact) mass is 591 g/mol. The molecule has 6 heteroatoms. The normalized spacial score (nSPS) is 17.0. The number of benzene rings is 4. The van der Waals surface area contributed by atoms with Crippen LogP contribution in [0.25, 0.3) is 0 Å².